The molecule has 3 N–H and O–H groups in total. The van der Waals surface area contributed by atoms with Gasteiger partial charge >= 0.3 is 6.03 Å². The molecule has 0 saturated heterocycles. The zero-order chi connectivity index (χ0) is 12.7. The summed E-state index contributed by atoms with van der Waals surface area (Å²) in [5.74, 6) is 0.201. The van der Waals surface area contributed by atoms with E-state index in [2.05, 4.69) is 10.6 Å². The molecule has 17 heavy (non-hydrogen) atoms. The van der Waals surface area contributed by atoms with Crippen LogP contribution in [0, 0.1) is 5.92 Å². The Morgan fingerprint density at radius 3 is 2.82 bits per heavy atom. The molecule has 0 aromatic heterocycles. The van der Waals surface area contributed by atoms with Crippen LogP contribution in [0.1, 0.15) is 32.6 Å². The molecule has 100 valence electrons. The first-order chi connectivity index (χ1) is 8.17. The number of hydrogen-bond donors (Lipinski definition) is 3. The van der Waals surface area contributed by atoms with Crippen molar-refractivity contribution in [3.8, 4) is 0 Å². The number of aliphatic hydroxyl groups is 1. The zero-order valence-electron chi connectivity index (χ0n) is 10.7. The third-order valence-electron chi connectivity index (χ3n) is 3.25. The molecular formula is C12H24N2O3. The molecule has 3 atom stereocenters. The average molecular weight is 244 g/mol. The summed E-state index contributed by atoms with van der Waals surface area (Å²) in [5.41, 5.74) is 0. The van der Waals surface area contributed by atoms with Gasteiger partial charge in [0.15, 0.2) is 0 Å². The maximum Gasteiger partial charge on any atom is 0.315 e. The summed E-state index contributed by atoms with van der Waals surface area (Å²) < 4.78 is 4.95. The van der Waals surface area contributed by atoms with Crippen LogP contribution in [0.4, 0.5) is 4.79 Å². The van der Waals surface area contributed by atoms with E-state index in [0.29, 0.717) is 6.61 Å². The lowest BCUT2D eigenvalue weighted by Crippen LogP contribution is -2.50. The average Bonchev–Trinajstić information content (AvgIpc) is 2.29. The molecule has 0 spiro atoms. The quantitative estimate of drug-likeness (QED) is 0.672. The number of methoxy groups -OCH3 is 1. The first kappa shape index (κ1) is 14.3. The Bertz CT molecular complexity index is 236. The van der Waals surface area contributed by atoms with Crippen molar-refractivity contribution in [3.63, 3.8) is 0 Å². The molecule has 1 saturated carbocycles. The Labute approximate surface area is 103 Å². The first-order valence-corrected chi connectivity index (χ1v) is 6.34. The molecule has 0 aliphatic heterocycles. The van der Waals surface area contributed by atoms with E-state index in [1.165, 1.54) is 0 Å². The van der Waals surface area contributed by atoms with Crippen LogP contribution >= 0.6 is 0 Å². The van der Waals surface area contributed by atoms with E-state index in [9.17, 15) is 9.90 Å². The van der Waals surface area contributed by atoms with E-state index in [1.807, 2.05) is 6.92 Å². The van der Waals surface area contributed by atoms with Crippen LogP contribution in [0.25, 0.3) is 0 Å². The van der Waals surface area contributed by atoms with Gasteiger partial charge in [-0.15, -0.1) is 0 Å². The Morgan fingerprint density at radius 1 is 1.47 bits per heavy atom. The molecule has 3 unspecified atom stereocenters. The standard InChI is InChI=1S/C12H24N2O3/c1-9(8-17-2)13-12(16)14-11-6-4-3-5-10(11)7-15/h9-11,15H,3-8H2,1-2H3,(H2,13,14,16). The predicted octanol–water partition coefficient (Wildman–Crippen LogP) is 0.872. The molecule has 0 bridgehead atoms. The van der Waals surface area contributed by atoms with Gasteiger partial charge in [-0.3, -0.25) is 0 Å². The highest BCUT2D eigenvalue weighted by Crippen LogP contribution is 2.23. The highest BCUT2D eigenvalue weighted by molar-refractivity contribution is 5.74. The van der Waals surface area contributed by atoms with Crippen molar-refractivity contribution in [2.75, 3.05) is 20.3 Å². The number of amides is 2. The molecule has 1 aliphatic rings. The normalized spacial score (nSPS) is 26.3. The summed E-state index contributed by atoms with van der Waals surface area (Å²) in [4.78, 5) is 11.7. The van der Waals surface area contributed by atoms with E-state index < -0.39 is 0 Å². The zero-order valence-corrected chi connectivity index (χ0v) is 10.7. The van der Waals surface area contributed by atoms with Crippen molar-refractivity contribution >= 4 is 6.03 Å². The predicted molar refractivity (Wildman–Crippen MR) is 65.8 cm³/mol. The molecule has 2 amide bonds. The van der Waals surface area contributed by atoms with E-state index >= 15 is 0 Å². The molecule has 5 heteroatoms. The second-order valence-electron chi connectivity index (χ2n) is 4.81. The minimum atomic E-state index is -0.167. The number of ether oxygens (including phenoxy) is 1. The van der Waals surface area contributed by atoms with E-state index in [4.69, 9.17) is 4.74 Å². The van der Waals surface area contributed by atoms with Crippen molar-refractivity contribution < 1.29 is 14.6 Å². The van der Waals surface area contributed by atoms with Gasteiger partial charge in [-0.1, -0.05) is 12.8 Å². The molecule has 0 aromatic rings. The molecule has 1 rings (SSSR count). The molecule has 1 aliphatic carbocycles. The van der Waals surface area contributed by atoms with Gasteiger partial charge in [-0.05, 0) is 19.8 Å². The number of aliphatic hydroxyl groups excluding tert-OH is 1. The van der Waals surface area contributed by atoms with Gasteiger partial charge in [0.25, 0.3) is 0 Å². The highest BCUT2D eigenvalue weighted by Gasteiger charge is 2.25. The van der Waals surface area contributed by atoms with Crippen LogP contribution in [0.2, 0.25) is 0 Å². The number of carbonyl (C=O) groups excluding carboxylic acids is 1. The van der Waals surface area contributed by atoms with E-state index in [0.717, 1.165) is 25.7 Å². The van der Waals surface area contributed by atoms with Gasteiger partial charge < -0.3 is 20.5 Å². The summed E-state index contributed by atoms with van der Waals surface area (Å²) in [6.45, 7) is 2.55. The number of nitrogens with one attached hydrogen (secondary N) is 2. The minimum Gasteiger partial charge on any atom is -0.396 e. The number of rotatable bonds is 5. The van der Waals surface area contributed by atoms with Crippen molar-refractivity contribution in [3.05, 3.63) is 0 Å². The summed E-state index contributed by atoms with van der Waals surface area (Å²) in [6, 6.07) is -0.0699. The summed E-state index contributed by atoms with van der Waals surface area (Å²) in [7, 11) is 1.61. The van der Waals surface area contributed by atoms with Gasteiger partial charge in [0.2, 0.25) is 0 Å². The second-order valence-corrected chi connectivity index (χ2v) is 4.81. The van der Waals surface area contributed by atoms with Crippen molar-refractivity contribution in [1.82, 2.24) is 10.6 Å². The highest BCUT2D eigenvalue weighted by atomic mass is 16.5. The summed E-state index contributed by atoms with van der Waals surface area (Å²) in [6.07, 6.45) is 4.21. The fourth-order valence-corrected chi connectivity index (χ4v) is 2.34. The van der Waals surface area contributed by atoms with Crippen molar-refractivity contribution in [1.29, 1.82) is 0 Å². The molecular weight excluding hydrogens is 220 g/mol. The van der Waals surface area contributed by atoms with Crippen LogP contribution in [-0.2, 0) is 4.74 Å². The van der Waals surface area contributed by atoms with Crippen LogP contribution in [0.15, 0.2) is 0 Å². The van der Waals surface area contributed by atoms with Crippen molar-refractivity contribution in [2.24, 2.45) is 5.92 Å². The van der Waals surface area contributed by atoms with Crippen molar-refractivity contribution in [2.45, 2.75) is 44.7 Å². The molecule has 0 aromatic carbocycles. The molecule has 1 fully saturated rings. The monoisotopic (exact) mass is 244 g/mol. The maximum atomic E-state index is 11.7. The lowest BCUT2D eigenvalue weighted by atomic mass is 9.85. The van der Waals surface area contributed by atoms with Gasteiger partial charge in [0.05, 0.1) is 12.6 Å². The lowest BCUT2D eigenvalue weighted by Gasteiger charge is -2.31. The van der Waals surface area contributed by atoms with Crippen LogP contribution < -0.4 is 10.6 Å². The Hall–Kier alpha value is -0.810. The van der Waals surface area contributed by atoms with Gasteiger partial charge in [-0.25, -0.2) is 4.79 Å². The van der Waals surface area contributed by atoms with Gasteiger partial charge in [0.1, 0.15) is 0 Å². The molecule has 0 heterocycles. The number of carbonyl (C=O) groups is 1. The Kier molecular flexibility index (Phi) is 6.29. The number of urea groups is 1. The molecule has 5 nitrogen and oxygen atoms in total. The first-order valence-electron chi connectivity index (χ1n) is 6.34. The second kappa shape index (κ2) is 7.50. The Balaban J connectivity index is 2.33. The van der Waals surface area contributed by atoms with E-state index in [-0.39, 0.29) is 30.6 Å². The van der Waals surface area contributed by atoms with E-state index in [1.54, 1.807) is 7.11 Å². The van der Waals surface area contributed by atoms with Gasteiger partial charge in [0, 0.05) is 25.7 Å². The SMILES string of the molecule is COCC(C)NC(=O)NC1CCCCC1CO. The third-order valence-corrected chi connectivity index (χ3v) is 3.25. The smallest absolute Gasteiger partial charge is 0.315 e. The lowest BCUT2D eigenvalue weighted by molar-refractivity contribution is 0.148. The topological polar surface area (TPSA) is 70.6 Å². The minimum absolute atomic E-state index is 0.00355. The van der Waals surface area contributed by atoms with Gasteiger partial charge in [-0.2, -0.15) is 0 Å². The summed E-state index contributed by atoms with van der Waals surface area (Å²) in [5, 5.41) is 15.0. The van der Waals surface area contributed by atoms with Crippen LogP contribution in [-0.4, -0.2) is 43.5 Å². The third kappa shape index (κ3) is 4.91. The molecule has 0 radical (unpaired) electrons. The van der Waals surface area contributed by atoms with Crippen LogP contribution in [0.5, 0.6) is 0 Å². The fraction of sp³-hybridized carbons (Fsp3) is 0.917. The van der Waals surface area contributed by atoms with Crippen LogP contribution in [0.3, 0.4) is 0 Å². The Morgan fingerprint density at radius 2 is 2.18 bits per heavy atom. The largest absolute Gasteiger partial charge is 0.396 e. The fourth-order valence-electron chi connectivity index (χ4n) is 2.34. The maximum absolute atomic E-state index is 11.7. The summed E-state index contributed by atoms with van der Waals surface area (Å²) >= 11 is 0. The number of hydrogen-bond acceptors (Lipinski definition) is 3.